The second-order valence-corrected chi connectivity index (χ2v) is 2.83. The van der Waals surface area contributed by atoms with Crippen molar-refractivity contribution in [3.63, 3.8) is 0 Å². The Morgan fingerprint density at radius 1 is 1.27 bits per heavy atom. The van der Waals surface area contributed by atoms with Crippen molar-refractivity contribution in [2.24, 2.45) is 0 Å². The minimum absolute atomic E-state index is 1.01. The van der Waals surface area contributed by atoms with E-state index in [1.165, 1.54) is 16.2 Å². The zero-order chi connectivity index (χ0) is 7.84. The van der Waals surface area contributed by atoms with Gasteiger partial charge >= 0.3 is 65.5 Å². The number of hydrogen-bond donors (Lipinski definition) is 0. The first kappa shape index (κ1) is 6.65. The summed E-state index contributed by atoms with van der Waals surface area (Å²) in [6, 6.07) is 6.22. The Morgan fingerprint density at radius 3 is 2.82 bits per heavy atom. The van der Waals surface area contributed by atoms with Gasteiger partial charge in [0.25, 0.3) is 0 Å². The second kappa shape index (κ2) is 2.23. The Balaban J connectivity index is 2.96. The van der Waals surface area contributed by atoms with Gasteiger partial charge in [0.2, 0.25) is 0 Å². The van der Waals surface area contributed by atoms with Gasteiger partial charge in [0, 0.05) is 0 Å². The van der Waals surface area contributed by atoms with Crippen molar-refractivity contribution >= 4 is 17.8 Å². The zero-order valence-corrected chi connectivity index (χ0v) is 6.72. The first-order valence-corrected chi connectivity index (χ1v) is 3.72. The molecule has 0 aliphatic rings. The summed E-state index contributed by atoms with van der Waals surface area (Å²) in [6.45, 7) is 4.10. The first-order valence-electron chi connectivity index (χ1n) is 3.72. The molecular weight excluding hydrogens is 135 g/mol. The molecule has 0 fully saturated rings. The fourth-order valence-electron chi connectivity index (χ4n) is 1.48. The summed E-state index contributed by atoms with van der Waals surface area (Å²) in [6.07, 6.45) is 0. The summed E-state index contributed by atoms with van der Waals surface area (Å²) < 4.78 is 5.30. The van der Waals surface area contributed by atoms with Crippen LogP contribution in [0, 0.1) is 13.8 Å². The standard InChI is InChI=1S/C9H9BO/c1-6-4-3-5-8-9(6)7(2)11-10-8/h3-5H,1-2H3. The van der Waals surface area contributed by atoms with E-state index in [0.717, 1.165) is 5.76 Å². The van der Waals surface area contributed by atoms with Crippen LogP contribution in [-0.4, -0.2) is 7.13 Å². The van der Waals surface area contributed by atoms with Crippen LogP contribution in [0.3, 0.4) is 0 Å². The molecule has 0 saturated heterocycles. The summed E-state index contributed by atoms with van der Waals surface area (Å²) >= 11 is 0. The summed E-state index contributed by atoms with van der Waals surface area (Å²) in [4.78, 5) is 0. The van der Waals surface area contributed by atoms with E-state index in [2.05, 4.69) is 19.1 Å². The molecule has 0 N–H and O–H groups in total. The molecule has 1 heterocycles. The molecule has 0 aliphatic heterocycles. The molecule has 1 nitrogen and oxygen atoms in total. The fourth-order valence-corrected chi connectivity index (χ4v) is 1.48. The predicted octanol–water partition coefficient (Wildman–Crippen LogP) is 2.39. The molecule has 0 amide bonds. The van der Waals surface area contributed by atoms with Crippen LogP contribution in [-0.2, 0) is 0 Å². The third-order valence-electron chi connectivity index (χ3n) is 2.02. The molecule has 0 saturated carbocycles. The van der Waals surface area contributed by atoms with E-state index in [4.69, 9.17) is 4.33 Å². The molecule has 0 atom stereocenters. The summed E-state index contributed by atoms with van der Waals surface area (Å²) in [5.41, 5.74) is 1.29. The van der Waals surface area contributed by atoms with Crippen LogP contribution in [0.15, 0.2) is 22.5 Å². The van der Waals surface area contributed by atoms with Crippen LogP contribution in [0.25, 0.3) is 10.7 Å². The Kier molecular flexibility index (Phi) is 1.35. The summed E-state index contributed by atoms with van der Waals surface area (Å²) in [5, 5.41) is 2.45. The van der Waals surface area contributed by atoms with E-state index in [1.54, 1.807) is 7.13 Å². The van der Waals surface area contributed by atoms with Crippen LogP contribution < -0.4 is 0 Å². The summed E-state index contributed by atoms with van der Waals surface area (Å²) in [5.74, 6) is 1.01. The van der Waals surface area contributed by atoms with Gasteiger partial charge in [-0.1, -0.05) is 0 Å². The van der Waals surface area contributed by atoms with E-state index < -0.39 is 0 Å². The molecule has 11 heavy (non-hydrogen) atoms. The van der Waals surface area contributed by atoms with Crippen LogP contribution in [0.5, 0.6) is 0 Å². The first-order chi connectivity index (χ1) is 5.29. The van der Waals surface area contributed by atoms with Crippen molar-refractivity contribution in [3.05, 3.63) is 29.5 Å². The van der Waals surface area contributed by atoms with E-state index in [0.29, 0.717) is 0 Å². The van der Waals surface area contributed by atoms with E-state index in [9.17, 15) is 0 Å². The molecule has 0 bridgehead atoms. The van der Waals surface area contributed by atoms with Crippen molar-refractivity contribution in [1.82, 2.24) is 0 Å². The van der Waals surface area contributed by atoms with Gasteiger partial charge in [-0.25, -0.2) is 0 Å². The quantitative estimate of drug-likeness (QED) is 0.553. The Labute approximate surface area is 66.3 Å². The van der Waals surface area contributed by atoms with E-state index >= 15 is 0 Å². The average Bonchev–Trinajstić information content (AvgIpc) is 2.34. The van der Waals surface area contributed by atoms with Crippen molar-refractivity contribution in [2.45, 2.75) is 13.8 Å². The van der Waals surface area contributed by atoms with Gasteiger partial charge in [-0.15, -0.1) is 0 Å². The van der Waals surface area contributed by atoms with Gasteiger partial charge in [-0.05, 0) is 0 Å². The Morgan fingerprint density at radius 2 is 2.09 bits per heavy atom. The molecule has 54 valence electrons. The van der Waals surface area contributed by atoms with Gasteiger partial charge in [0.05, 0.1) is 0 Å². The molecule has 1 aromatic heterocycles. The van der Waals surface area contributed by atoms with Gasteiger partial charge < -0.3 is 0 Å². The topological polar surface area (TPSA) is 13.1 Å². The minimum atomic E-state index is 1.01. The molecule has 0 aliphatic carbocycles. The molecule has 0 spiro atoms. The molecule has 0 unspecified atom stereocenters. The predicted molar refractivity (Wildman–Crippen MR) is 47.0 cm³/mol. The molecular formula is C9H9BO. The fraction of sp³-hybridized carbons (Fsp3) is 0.222. The van der Waals surface area contributed by atoms with E-state index in [1.807, 2.05) is 13.0 Å². The normalized spacial score (nSPS) is 10.4. The molecule has 1 aromatic carbocycles. The van der Waals surface area contributed by atoms with Gasteiger partial charge in [-0.2, -0.15) is 0 Å². The third kappa shape index (κ3) is 0.899. The number of aryl methyl sites for hydroxylation is 2. The van der Waals surface area contributed by atoms with Gasteiger partial charge in [-0.3, -0.25) is 0 Å². The van der Waals surface area contributed by atoms with E-state index in [-0.39, 0.29) is 0 Å². The summed E-state index contributed by atoms with van der Waals surface area (Å²) in [7, 11) is 1.80. The van der Waals surface area contributed by atoms with Crippen molar-refractivity contribution < 1.29 is 4.33 Å². The van der Waals surface area contributed by atoms with Gasteiger partial charge in [0.1, 0.15) is 0 Å². The molecule has 2 heteroatoms. The number of rotatable bonds is 0. The zero-order valence-electron chi connectivity index (χ0n) is 6.72. The van der Waals surface area contributed by atoms with Gasteiger partial charge in [0.15, 0.2) is 0 Å². The van der Waals surface area contributed by atoms with Crippen LogP contribution in [0.2, 0.25) is 0 Å². The SMILES string of the molecule is Cc1cccc2boc(C)c12. The maximum absolute atomic E-state index is 5.30. The van der Waals surface area contributed by atoms with Crippen molar-refractivity contribution in [2.75, 3.05) is 0 Å². The van der Waals surface area contributed by atoms with Crippen LogP contribution in [0.4, 0.5) is 0 Å². The number of benzene rings is 1. The van der Waals surface area contributed by atoms with Crippen LogP contribution >= 0.6 is 0 Å². The maximum atomic E-state index is 5.30. The monoisotopic (exact) mass is 144 g/mol. The Bertz CT molecular complexity index is 389. The second-order valence-electron chi connectivity index (χ2n) is 2.83. The molecule has 2 rings (SSSR count). The van der Waals surface area contributed by atoms with Crippen LogP contribution in [0.1, 0.15) is 11.3 Å². The molecule has 0 radical (unpaired) electrons. The molecule has 2 aromatic rings. The Hall–Kier alpha value is -1.05. The third-order valence-corrected chi connectivity index (χ3v) is 2.02. The van der Waals surface area contributed by atoms with Crippen molar-refractivity contribution in [1.29, 1.82) is 0 Å². The number of fused-ring (bicyclic) bond motifs is 1. The number of hydrogen-bond acceptors (Lipinski definition) is 1. The van der Waals surface area contributed by atoms with Crippen molar-refractivity contribution in [3.8, 4) is 0 Å². The average molecular weight is 144 g/mol.